The number of nitrogens with zero attached hydrogens (tertiary/aromatic N) is 1. The van der Waals surface area contributed by atoms with Gasteiger partial charge in [-0.3, -0.25) is 4.79 Å². The summed E-state index contributed by atoms with van der Waals surface area (Å²) in [4.78, 5) is 26.1. The number of amides is 1. The lowest BCUT2D eigenvalue weighted by Gasteiger charge is -2.21. The number of ether oxygens (including phenoxy) is 1. The molecule has 0 aliphatic carbocycles. The zero-order chi connectivity index (χ0) is 17.8. The second-order valence-electron chi connectivity index (χ2n) is 5.80. The number of carbonyl (C=O) groups excluding carboxylic acids is 2. The van der Waals surface area contributed by atoms with E-state index in [2.05, 4.69) is 0 Å². The van der Waals surface area contributed by atoms with Crippen molar-refractivity contribution in [3.05, 3.63) is 71.6 Å². The van der Waals surface area contributed by atoms with Crippen molar-refractivity contribution in [1.82, 2.24) is 0 Å². The van der Waals surface area contributed by atoms with Crippen molar-refractivity contribution in [2.75, 3.05) is 11.4 Å². The molecule has 4 nitrogen and oxygen atoms in total. The molecule has 0 N–H and O–H groups in total. The van der Waals surface area contributed by atoms with E-state index >= 15 is 0 Å². The summed E-state index contributed by atoms with van der Waals surface area (Å²) in [5.74, 6) is -1.38. The van der Waals surface area contributed by atoms with E-state index in [0.717, 1.165) is 23.7 Å². The van der Waals surface area contributed by atoms with Gasteiger partial charge in [0.25, 0.3) is 5.91 Å². The van der Waals surface area contributed by atoms with Crippen LogP contribution in [0, 0.1) is 5.82 Å². The van der Waals surface area contributed by atoms with Crippen LogP contribution >= 0.6 is 0 Å². The van der Waals surface area contributed by atoms with Crippen LogP contribution in [0.2, 0.25) is 0 Å². The fraction of sp³-hybridized carbons (Fsp3) is 0.200. The summed E-state index contributed by atoms with van der Waals surface area (Å²) in [5.41, 5.74) is 2.25. The van der Waals surface area contributed by atoms with E-state index < -0.39 is 17.9 Å². The van der Waals surface area contributed by atoms with Crippen LogP contribution in [0.3, 0.4) is 0 Å². The summed E-state index contributed by atoms with van der Waals surface area (Å²) in [6.07, 6.45) is 2.33. The first-order valence-electron chi connectivity index (χ1n) is 8.09. The summed E-state index contributed by atoms with van der Waals surface area (Å²) in [6, 6.07) is 13.8. The second kappa shape index (κ2) is 7.30. The van der Waals surface area contributed by atoms with Gasteiger partial charge >= 0.3 is 5.97 Å². The van der Waals surface area contributed by atoms with E-state index in [0.29, 0.717) is 6.54 Å². The number of hydrogen-bond donors (Lipinski definition) is 0. The van der Waals surface area contributed by atoms with Gasteiger partial charge in [-0.25, -0.2) is 9.18 Å². The predicted molar refractivity (Wildman–Crippen MR) is 93.5 cm³/mol. The molecule has 0 radical (unpaired) electrons. The highest BCUT2D eigenvalue weighted by Gasteiger charge is 2.29. The van der Waals surface area contributed by atoms with E-state index in [1.165, 1.54) is 19.1 Å². The zero-order valence-corrected chi connectivity index (χ0v) is 13.8. The Kier molecular flexibility index (Phi) is 4.93. The van der Waals surface area contributed by atoms with Crippen LogP contribution < -0.4 is 4.90 Å². The molecule has 2 aromatic rings. The maximum absolute atomic E-state index is 13.5. The summed E-state index contributed by atoms with van der Waals surface area (Å²) in [6.45, 7) is 2.11. The maximum atomic E-state index is 13.5. The third-order valence-corrected chi connectivity index (χ3v) is 4.10. The molecule has 1 aliphatic rings. The van der Waals surface area contributed by atoms with Gasteiger partial charge in [-0.2, -0.15) is 0 Å². The molecule has 25 heavy (non-hydrogen) atoms. The molecular formula is C20H18FNO3. The Balaban J connectivity index is 1.62. The first-order chi connectivity index (χ1) is 12.1. The van der Waals surface area contributed by atoms with Crippen LogP contribution in [0.15, 0.2) is 54.6 Å². The van der Waals surface area contributed by atoms with Gasteiger partial charge in [0.1, 0.15) is 5.82 Å². The first-order valence-corrected chi connectivity index (χ1v) is 8.09. The minimum atomic E-state index is -0.913. The van der Waals surface area contributed by atoms with Crippen molar-refractivity contribution < 1.29 is 18.7 Å². The van der Waals surface area contributed by atoms with Crippen LogP contribution in [0.25, 0.3) is 6.08 Å². The Hall–Kier alpha value is -2.95. The molecule has 0 fully saturated rings. The molecule has 5 heteroatoms. The molecule has 128 valence electrons. The second-order valence-corrected chi connectivity index (χ2v) is 5.80. The van der Waals surface area contributed by atoms with E-state index in [-0.39, 0.29) is 11.5 Å². The van der Waals surface area contributed by atoms with Crippen molar-refractivity contribution in [3.63, 3.8) is 0 Å². The number of fused-ring (bicyclic) bond motifs is 1. The molecule has 2 aromatic carbocycles. The highest BCUT2D eigenvalue weighted by atomic mass is 19.1. The Morgan fingerprint density at radius 3 is 2.68 bits per heavy atom. The molecule has 0 saturated carbocycles. The molecular weight excluding hydrogens is 321 g/mol. The van der Waals surface area contributed by atoms with E-state index in [9.17, 15) is 14.0 Å². The number of esters is 1. The summed E-state index contributed by atoms with van der Waals surface area (Å²) in [7, 11) is 0. The summed E-state index contributed by atoms with van der Waals surface area (Å²) in [5, 5.41) is 0. The molecule has 1 aliphatic heterocycles. The number of hydrogen-bond acceptors (Lipinski definition) is 3. The van der Waals surface area contributed by atoms with Gasteiger partial charge in [-0.05, 0) is 37.1 Å². The van der Waals surface area contributed by atoms with Crippen LogP contribution in [-0.2, 0) is 20.7 Å². The SMILES string of the molecule is C[C@@H](OC(=O)/C=C/c1ccccc1F)C(=O)N1CCc2ccccc21. The molecule has 0 spiro atoms. The number of para-hydroxylation sites is 1. The lowest BCUT2D eigenvalue weighted by Crippen LogP contribution is -2.38. The number of halogens is 1. The highest BCUT2D eigenvalue weighted by molar-refractivity contribution is 6.00. The number of anilines is 1. The standard InChI is InChI=1S/C20H18FNO3/c1-14(20(24)22-13-12-16-7-3-5-9-18(16)22)25-19(23)11-10-15-6-2-4-8-17(15)21/h2-11,14H,12-13H2,1H3/b11-10+/t14-/m1/s1. The topological polar surface area (TPSA) is 46.6 Å². The molecule has 0 aromatic heterocycles. The fourth-order valence-electron chi connectivity index (χ4n) is 2.82. The first kappa shape index (κ1) is 16.9. The van der Waals surface area contributed by atoms with E-state index in [4.69, 9.17) is 4.74 Å². The quantitative estimate of drug-likeness (QED) is 0.634. The van der Waals surface area contributed by atoms with Crippen molar-refractivity contribution in [1.29, 1.82) is 0 Å². The van der Waals surface area contributed by atoms with Crippen LogP contribution in [-0.4, -0.2) is 24.5 Å². The molecule has 0 unspecified atom stereocenters. The highest BCUT2D eigenvalue weighted by Crippen LogP contribution is 2.28. The van der Waals surface area contributed by atoms with Gasteiger partial charge in [0.2, 0.25) is 0 Å². The Morgan fingerprint density at radius 1 is 1.16 bits per heavy atom. The molecule has 0 saturated heterocycles. The smallest absolute Gasteiger partial charge is 0.331 e. The minimum Gasteiger partial charge on any atom is -0.449 e. The number of rotatable bonds is 4. The number of carbonyl (C=O) groups is 2. The lowest BCUT2D eigenvalue weighted by molar-refractivity contribution is -0.149. The van der Waals surface area contributed by atoms with Crippen LogP contribution in [0.1, 0.15) is 18.1 Å². The summed E-state index contributed by atoms with van der Waals surface area (Å²) < 4.78 is 18.7. The molecule has 1 atom stereocenters. The van der Waals surface area contributed by atoms with Gasteiger partial charge in [0.15, 0.2) is 6.10 Å². The monoisotopic (exact) mass is 339 g/mol. The average Bonchev–Trinajstić information content (AvgIpc) is 3.04. The van der Waals surface area contributed by atoms with Crippen molar-refractivity contribution >= 4 is 23.6 Å². The number of benzene rings is 2. The van der Waals surface area contributed by atoms with Gasteiger partial charge in [-0.15, -0.1) is 0 Å². The van der Waals surface area contributed by atoms with Crippen molar-refractivity contribution in [3.8, 4) is 0 Å². The minimum absolute atomic E-state index is 0.266. The van der Waals surface area contributed by atoms with Crippen LogP contribution in [0.4, 0.5) is 10.1 Å². The van der Waals surface area contributed by atoms with Crippen LogP contribution in [0.5, 0.6) is 0 Å². The third kappa shape index (κ3) is 3.76. The fourth-order valence-corrected chi connectivity index (χ4v) is 2.82. The Labute approximate surface area is 145 Å². The van der Waals surface area contributed by atoms with E-state index in [1.807, 2.05) is 24.3 Å². The Bertz CT molecular complexity index is 831. The van der Waals surface area contributed by atoms with Gasteiger partial charge in [-0.1, -0.05) is 36.4 Å². The molecule has 1 amide bonds. The van der Waals surface area contributed by atoms with Gasteiger partial charge in [0.05, 0.1) is 0 Å². The Morgan fingerprint density at radius 2 is 1.88 bits per heavy atom. The average molecular weight is 339 g/mol. The van der Waals surface area contributed by atoms with Crippen molar-refractivity contribution in [2.45, 2.75) is 19.4 Å². The summed E-state index contributed by atoms with van der Waals surface area (Å²) >= 11 is 0. The largest absolute Gasteiger partial charge is 0.449 e. The normalized spacial score (nSPS) is 14.4. The predicted octanol–water partition coefficient (Wildman–Crippen LogP) is 3.36. The lowest BCUT2D eigenvalue weighted by atomic mass is 10.2. The maximum Gasteiger partial charge on any atom is 0.331 e. The van der Waals surface area contributed by atoms with E-state index in [1.54, 1.807) is 23.1 Å². The third-order valence-electron chi connectivity index (χ3n) is 4.10. The zero-order valence-electron chi connectivity index (χ0n) is 13.8. The molecule has 3 rings (SSSR count). The van der Waals surface area contributed by atoms with Gasteiger partial charge < -0.3 is 9.64 Å². The van der Waals surface area contributed by atoms with Gasteiger partial charge in [0, 0.05) is 23.9 Å². The molecule has 1 heterocycles. The van der Waals surface area contributed by atoms with Crippen molar-refractivity contribution in [2.24, 2.45) is 0 Å². The molecule has 0 bridgehead atoms.